The van der Waals surface area contributed by atoms with Crippen molar-refractivity contribution < 1.29 is 4.79 Å². The van der Waals surface area contributed by atoms with Crippen molar-refractivity contribution in [2.75, 3.05) is 7.05 Å². The van der Waals surface area contributed by atoms with Gasteiger partial charge in [-0.1, -0.05) is 23.8 Å². The van der Waals surface area contributed by atoms with Crippen LogP contribution >= 0.6 is 11.6 Å². The fourth-order valence-corrected chi connectivity index (χ4v) is 1.83. The van der Waals surface area contributed by atoms with Crippen molar-refractivity contribution in [3.05, 3.63) is 34.9 Å². The normalized spacial score (nSPS) is 12.3. The highest BCUT2D eigenvalue weighted by molar-refractivity contribution is 6.30. The molecule has 0 aliphatic rings. The number of amides is 1. The minimum Gasteiger partial charge on any atom is -0.340 e. The van der Waals surface area contributed by atoms with Crippen molar-refractivity contribution in [3.8, 4) is 0 Å². The van der Waals surface area contributed by atoms with E-state index in [2.05, 4.69) is 32.0 Å². The minimum atomic E-state index is -0.462. The number of carbonyl (C=O) groups excluding carboxylic acids is 1. The van der Waals surface area contributed by atoms with E-state index in [4.69, 9.17) is 11.6 Å². The third kappa shape index (κ3) is 3.24. The Hall–Kier alpha value is -1.02. The molecule has 1 unspecified atom stereocenters. The molecule has 0 saturated carbocycles. The second-order valence-electron chi connectivity index (χ2n) is 4.24. The first-order valence-corrected chi connectivity index (χ1v) is 5.80. The largest absolute Gasteiger partial charge is 0.340 e. The van der Waals surface area contributed by atoms with E-state index < -0.39 is 5.38 Å². The smallest absolute Gasteiger partial charge is 0.240 e. The summed E-state index contributed by atoms with van der Waals surface area (Å²) in [6.45, 7) is 6.43. The maximum absolute atomic E-state index is 11.6. The Morgan fingerprint density at radius 2 is 2.06 bits per heavy atom. The van der Waals surface area contributed by atoms with E-state index in [-0.39, 0.29) is 5.91 Å². The van der Waals surface area contributed by atoms with Crippen LogP contribution in [0.2, 0.25) is 0 Å². The average Bonchev–Trinajstić information content (AvgIpc) is 2.20. The van der Waals surface area contributed by atoms with Gasteiger partial charge in [-0.05, 0) is 31.9 Å². The zero-order chi connectivity index (χ0) is 12.3. The van der Waals surface area contributed by atoms with Gasteiger partial charge in [-0.15, -0.1) is 11.6 Å². The van der Waals surface area contributed by atoms with Gasteiger partial charge in [-0.25, -0.2) is 0 Å². The van der Waals surface area contributed by atoms with Crippen molar-refractivity contribution >= 4 is 17.5 Å². The highest BCUT2D eigenvalue weighted by Crippen LogP contribution is 2.13. The van der Waals surface area contributed by atoms with Gasteiger partial charge in [0, 0.05) is 13.6 Å². The van der Waals surface area contributed by atoms with Crippen LogP contribution in [0.15, 0.2) is 18.2 Å². The molecule has 1 aromatic rings. The van der Waals surface area contributed by atoms with Gasteiger partial charge in [0.15, 0.2) is 0 Å². The zero-order valence-corrected chi connectivity index (χ0v) is 11.0. The predicted octanol–water partition coefficient (Wildman–Crippen LogP) is 2.89. The van der Waals surface area contributed by atoms with Crippen molar-refractivity contribution in [1.82, 2.24) is 4.90 Å². The van der Waals surface area contributed by atoms with Crippen LogP contribution in [0.1, 0.15) is 23.6 Å². The Morgan fingerprint density at radius 1 is 1.44 bits per heavy atom. The lowest BCUT2D eigenvalue weighted by Gasteiger charge is -2.19. The van der Waals surface area contributed by atoms with Gasteiger partial charge in [0.05, 0.1) is 0 Å². The molecular formula is C13H18ClNO. The highest BCUT2D eigenvalue weighted by atomic mass is 35.5. The van der Waals surface area contributed by atoms with E-state index in [1.54, 1.807) is 18.9 Å². The van der Waals surface area contributed by atoms with Crippen LogP contribution < -0.4 is 0 Å². The van der Waals surface area contributed by atoms with Gasteiger partial charge in [-0.2, -0.15) is 0 Å². The van der Waals surface area contributed by atoms with Crippen molar-refractivity contribution in [2.45, 2.75) is 32.7 Å². The third-order valence-electron chi connectivity index (χ3n) is 2.62. The van der Waals surface area contributed by atoms with Crippen molar-refractivity contribution in [1.29, 1.82) is 0 Å². The lowest BCUT2D eigenvalue weighted by Crippen LogP contribution is -2.31. The number of nitrogens with zero attached hydrogens (tertiary/aromatic N) is 1. The molecule has 88 valence electrons. The highest BCUT2D eigenvalue weighted by Gasteiger charge is 2.15. The first-order valence-electron chi connectivity index (χ1n) is 5.37. The molecule has 3 heteroatoms. The molecule has 0 fully saturated rings. The number of halogens is 1. The van der Waals surface area contributed by atoms with Gasteiger partial charge in [0.2, 0.25) is 5.91 Å². The van der Waals surface area contributed by atoms with E-state index in [1.807, 2.05) is 0 Å². The van der Waals surface area contributed by atoms with Crippen LogP contribution in [-0.4, -0.2) is 23.2 Å². The fourth-order valence-electron chi connectivity index (χ4n) is 1.66. The molecule has 0 radical (unpaired) electrons. The predicted molar refractivity (Wildman–Crippen MR) is 67.7 cm³/mol. The van der Waals surface area contributed by atoms with E-state index in [0.29, 0.717) is 6.54 Å². The quantitative estimate of drug-likeness (QED) is 0.743. The molecule has 0 spiro atoms. The average molecular weight is 240 g/mol. The first kappa shape index (κ1) is 13.0. The topological polar surface area (TPSA) is 20.3 Å². The summed E-state index contributed by atoms with van der Waals surface area (Å²) in [5.74, 6) is -0.0401. The number of benzene rings is 1. The first-order chi connectivity index (χ1) is 7.41. The lowest BCUT2D eigenvalue weighted by atomic mass is 10.1. The molecule has 0 saturated heterocycles. The summed E-state index contributed by atoms with van der Waals surface area (Å²) < 4.78 is 0. The summed E-state index contributed by atoms with van der Waals surface area (Å²) in [6.07, 6.45) is 0. The molecular weight excluding hydrogens is 222 g/mol. The summed E-state index contributed by atoms with van der Waals surface area (Å²) in [6, 6.07) is 6.25. The van der Waals surface area contributed by atoms with Gasteiger partial charge in [0.1, 0.15) is 5.38 Å². The van der Waals surface area contributed by atoms with Crippen LogP contribution in [0.5, 0.6) is 0 Å². The van der Waals surface area contributed by atoms with E-state index >= 15 is 0 Å². The Balaban J connectivity index is 2.77. The monoisotopic (exact) mass is 239 g/mol. The Bertz CT molecular complexity index is 388. The van der Waals surface area contributed by atoms with Gasteiger partial charge in [-0.3, -0.25) is 4.79 Å². The number of hydrogen-bond acceptors (Lipinski definition) is 1. The molecule has 0 N–H and O–H groups in total. The summed E-state index contributed by atoms with van der Waals surface area (Å²) in [5, 5.41) is -0.462. The number of alkyl halides is 1. The molecule has 1 atom stereocenters. The Labute approximate surface area is 102 Å². The molecule has 1 amide bonds. The Morgan fingerprint density at radius 3 is 2.56 bits per heavy atom. The van der Waals surface area contributed by atoms with Gasteiger partial charge < -0.3 is 4.90 Å². The molecule has 1 aromatic carbocycles. The Kier molecular flexibility index (Phi) is 4.36. The van der Waals surface area contributed by atoms with Crippen LogP contribution in [0.25, 0.3) is 0 Å². The van der Waals surface area contributed by atoms with Gasteiger partial charge in [0.25, 0.3) is 0 Å². The van der Waals surface area contributed by atoms with E-state index in [0.717, 1.165) is 0 Å². The second kappa shape index (κ2) is 5.35. The maximum atomic E-state index is 11.6. The number of hydrogen-bond donors (Lipinski definition) is 0. The van der Waals surface area contributed by atoms with E-state index in [1.165, 1.54) is 16.7 Å². The number of rotatable bonds is 3. The van der Waals surface area contributed by atoms with Crippen LogP contribution in [0.3, 0.4) is 0 Å². The van der Waals surface area contributed by atoms with E-state index in [9.17, 15) is 4.79 Å². The fraction of sp³-hybridized carbons (Fsp3) is 0.462. The molecule has 0 bridgehead atoms. The summed E-state index contributed by atoms with van der Waals surface area (Å²) in [4.78, 5) is 13.3. The number of carbonyl (C=O) groups is 1. The lowest BCUT2D eigenvalue weighted by molar-refractivity contribution is -0.129. The van der Waals surface area contributed by atoms with Crippen LogP contribution in [0, 0.1) is 13.8 Å². The molecule has 0 aliphatic heterocycles. The minimum absolute atomic E-state index is 0.0401. The molecule has 1 rings (SSSR count). The summed E-state index contributed by atoms with van der Waals surface area (Å²) in [5.41, 5.74) is 3.61. The van der Waals surface area contributed by atoms with Crippen molar-refractivity contribution in [2.24, 2.45) is 0 Å². The van der Waals surface area contributed by atoms with Gasteiger partial charge >= 0.3 is 0 Å². The summed E-state index contributed by atoms with van der Waals surface area (Å²) >= 11 is 5.76. The third-order valence-corrected chi connectivity index (χ3v) is 2.81. The molecule has 0 heterocycles. The number of aryl methyl sites for hydroxylation is 2. The second-order valence-corrected chi connectivity index (χ2v) is 4.89. The van der Waals surface area contributed by atoms with Crippen LogP contribution in [0.4, 0.5) is 0 Å². The standard InChI is InChI=1S/C13H18ClNO/c1-9-5-6-12(10(2)7-9)8-15(4)13(16)11(3)14/h5-7,11H,8H2,1-4H3. The summed E-state index contributed by atoms with van der Waals surface area (Å²) in [7, 11) is 1.78. The van der Waals surface area contributed by atoms with Crippen LogP contribution in [-0.2, 0) is 11.3 Å². The zero-order valence-electron chi connectivity index (χ0n) is 10.2. The maximum Gasteiger partial charge on any atom is 0.240 e. The molecule has 0 aromatic heterocycles. The SMILES string of the molecule is Cc1ccc(CN(C)C(=O)C(C)Cl)c(C)c1. The molecule has 16 heavy (non-hydrogen) atoms. The van der Waals surface area contributed by atoms with Crippen molar-refractivity contribution in [3.63, 3.8) is 0 Å². The molecule has 2 nitrogen and oxygen atoms in total. The molecule has 0 aliphatic carbocycles.